The van der Waals surface area contributed by atoms with Gasteiger partial charge in [-0.3, -0.25) is 84.6 Å². The van der Waals surface area contributed by atoms with E-state index in [2.05, 4.69) is 82.0 Å². The van der Waals surface area contributed by atoms with Crippen LogP contribution in [0.2, 0.25) is 0 Å². The van der Waals surface area contributed by atoms with Crippen LogP contribution < -0.4 is 33.9 Å². The molecule has 0 spiro atoms. The van der Waals surface area contributed by atoms with Gasteiger partial charge < -0.3 is 111 Å². The zero-order valence-electron chi connectivity index (χ0n) is 66.2. The molecule has 9 aromatic rings. The van der Waals surface area contributed by atoms with Gasteiger partial charge in [0.05, 0.1) is 101 Å². The van der Waals surface area contributed by atoms with E-state index in [-0.39, 0.29) is 163 Å². The number of imidazole rings is 5. The van der Waals surface area contributed by atoms with E-state index in [1.807, 2.05) is 0 Å². The molecular formula is C64H71F2N23O30P6S6. The molecule has 12 aliphatic rings. The highest BCUT2D eigenvalue weighted by molar-refractivity contribution is 8.44. The summed E-state index contributed by atoms with van der Waals surface area (Å²) in [5.41, 5.74) is 16.1. The lowest BCUT2D eigenvalue weighted by Crippen LogP contribution is -2.34. The van der Waals surface area contributed by atoms with Crippen LogP contribution in [0.25, 0.3) is 33.5 Å². The van der Waals surface area contributed by atoms with Gasteiger partial charge in [0.15, 0.2) is 111 Å². The molecule has 67 heteroatoms. The topological polar surface area (TPSA) is 682 Å². The maximum absolute atomic E-state index is 16.0. The van der Waals surface area contributed by atoms with E-state index in [9.17, 15) is 57.8 Å². The third-order valence-electron chi connectivity index (χ3n) is 22.0. The smallest absolute Gasteiger partial charge is 0.369 e. The first-order valence-electron chi connectivity index (χ1n) is 39.1. The monoisotopic (exact) mass is 2060 g/mol. The second-order valence-electron chi connectivity index (χ2n) is 30.6. The number of alkyl halides is 2. The van der Waals surface area contributed by atoms with Gasteiger partial charge in [0.2, 0.25) is 17.8 Å². The van der Waals surface area contributed by atoms with Gasteiger partial charge in [-0.1, -0.05) is 12.2 Å². The number of Topliss-reactive ketones (excluding diaryl/α,β-unsaturated/α-hetero) is 3. The summed E-state index contributed by atoms with van der Waals surface area (Å²) in [6.45, 7) is -26.8. The lowest BCUT2D eigenvalue weighted by molar-refractivity contribution is -0.0601. The number of ether oxygens (including phenoxy) is 6. The first kappa shape index (κ1) is 93.0. The molecule has 6 unspecified atom stereocenters. The van der Waals surface area contributed by atoms with Crippen LogP contribution in [0.1, 0.15) is 114 Å². The fourth-order valence-electron chi connectivity index (χ4n) is 16.2. The highest BCUT2D eigenvalue weighted by Crippen LogP contribution is 2.61. The number of aliphatic imine (C=N–C) groups is 3. The average molecular weight is 2060 g/mol. The molecule has 9 aromatic heterocycles. The summed E-state index contributed by atoms with van der Waals surface area (Å²) in [5, 5.41) is 0. The zero-order chi connectivity index (χ0) is 92.0. The average Bonchev–Trinajstić information content (AvgIpc) is 1.63. The molecule has 702 valence electrons. The number of nitrogen functional groups attached to an aromatic ring is 3. The van der Waals surface area contributed by atoms with Gasteiger partial charge in [0.1, 0.15) is 67.1 Å². The maximum atomic E-state index is 16.0. The number of nitrogens with two attached hydrogens (primary N) is 3. The molecule has 6 bridgehead atoms. The molecular weight excluding hydrogens is 1990 g/mol. The zero-order valence-corrected chi connectivity index (χ0v) is 76.6. The summed E-state index contributed by atoms with van der Waals surface area (Å²) in [6.07, 6.45) is -10.0. The van der Waals surface area contributed by atoms with E-state index in [0.717, 1.165) is 10.9 Å². The second kappa shape index (κ2) is 36.1. The molecule has 9 saturated heterocycles. The van der Waals surface area contributed by atoms with Crippen LogP contribution in [0.5, 0.6) is 0 Å². The Morgan fingerprint density at radius 2 is 0.794 bits per heavy atom. The van der Waals surface area contributed by atoms with Crippen LogP contribution >= 0.6 is 52.6 Å². The lowest BCUT2D eigenvalue weighted by Gasteiger charge is -2.27. The Labute approximate surface area is 760 Å². The minimum atomic E-state index is -4.35. The van der Waals surface area contributed by atoms with Crippen LogP contribution in [-0.2, 0) is 146 Å². The van der Waals surface area contributed by atoms with Crippen molar-refractivity contribution in [1.82, 2.24) is 82.2 Å². The number of ketones is 3. The Morgan fingerprint density at radius 3 is 1.28 bits per heavy atom. The molecule has 0 radical (unpaired) electrons. The first-order valence-corrected chi connectivity index (χ1v) is 54.7. The molecule has 0 saturated carbocycles. The Hall–Kier alpha value is -7.06. The number of H-pyrrole nitrogens is 3. The van der Waals surface area contributed by atoms with E-state index >= 15 is 8.78 Å². The molecule has 0 amide bonds. The Morgan fingerprint density at radius 1 is 0.405 bits per heavy atom. The Bertz CT molecular complexity index is 6440. The lowest BCUT2D eigenvalue weighted by atomic mass is 10.1. The number of thiol groups is 1. The largest absolute Gasteiger partial charge is 0.386 e. The number of aromatic nitrogens is 17. The van der Waals surface area contributed by atoms with Crippen LogP contribution in [0, 0.1) is 0 Å². The summed E-state index contributed by atoms with van der Waals surface area (Å²) in [4.78, 5) is 181. The van der Waals surface area contributed by atoms with Gasteiger partial charge >= 0.3 is 40.4 Å². The minimum Gasteiger partial charge on any atom is -0.369 e. The Balaban J connectivity index is 0.000000127. The van der Waals surface area contributed by atoms with E-state index < -0.39 is 193 Å². The number of fused-ring (bicyclic) bond motifs is 15. The van der Waals surface area contributed by atoms with Crippen molar-refractivity contribution in [2.75, 3.05) is 56.8 Å². The SMILES string of the molecule is Nc1nc2c(ncn2[C@@H]2O[C@@H]3COP(O)(=S)O[C@H]4C[C@H](n5cnc6c5N=CCC6=O)O[C@@H]4COP(=O)(S)O[C@@H]2C3)c(=O)[nH]1.Nc1nc2c(ncn2[C@@H]2O[C@@H]3COP(O)(=S)O[C@H]4C[C@H](n5cnc6c5N=CCC6=O)O[C@@H]4COP(O)(=S)O[C@@H]2C3)c(=O)[nH]1.Nc1nc2c(ncn2[C@@H]2O[C@@H]3COP(O)(=S)O[C@H]4[C@H](F)[C@H](n5ccc6c5N=CCC6=O)O[C@@H]4COP(O)(=S)O[C@@H]2[C@@H]3F)c(=O)[nH]1. The van der Waals surface area contributed by atoms with E-state index in [0.29, 0.717) is 11.6 Å². The van der Waals surface area contributed by atoms with E-state index in [1.54, 1.807) is 9.13 Å². The van der Waals surface area contributed by atoms with Crippen molar-refractivity contribution in [3.63, 3.8) is 0 Å². The summed E-state index contributed by atoms with van der Waals surface area (Å²) < 4.78 is 158. The molecule has 9 fully saturated rings. The van der Waals surface area contributed by atoms with Crippen molar-refractivity contribution in [1.29, 1.82) is 0 Å². The Kier molecular flexibility index (Phi) is 25.6. The number of halogens is 2. The number of anilines is 3. The number of carbonyl (C=O) groups excluding carboxylic acids is 3. The molecule has 12 aliphatic heterocycles. The normalized spacial score (nSPS) is 37.3. The van der Waals surface area contributed by atoms with E-state index in [4.69, 9.17) is 159 Å². The van der Waals surface area contributed by atoms with Gasteiger partial charge in [-0.05, 0) is 65.1 Å². The number of hydrogen-bond donors (Lipinski definition) is 12. The fraction of sp³-hybridized carbons (Fsp3) is 0.516. The van der Waals surface area contributed by atoms with Crippen molar-refractivity contribution >= 4 is 216 Å². The van der Waals surface area contributed by atoms with Crippen molar-refractivity contribution in [3.8, 4) is 0 Å². The summed E-state index contributed by atoms with van der Waals surface area (Å²) >= 11 is 30.4. The molecule has 21 heterocycles. The van der Waals surface area contributed by atoms with Gasteiger partial charge in [-0.2, -0.15) is 15.0 Å². The van der Waals surface area contributed by atoms with Gasteiger partial charge in [-0.15, -0.1) is 0 Å². The van der Waals surface area contributed by atoms with Crippen LogP contribution in [0.15, 0.2) is 73.3 Å². The van der Waals surface area contributed by atoms with Crippen molar-refractivity contribution in [2.45, 2.75) is 168 Å². The molecule has 53 nitrogen and oxygen atoms in total. The highest BCUT2D eigenvalue weighted by Gasteiger charge is 2.56. The second-order valence-corrected chi connectivity index (χ2v) is 47.4. The van der Waals surface area contributed by atoms with Crippen LogP contribution in [-0.4, -0.2) is 268 Å². The number of nitrogens with zero attached hydrogens (tertiary/aromatic N) is 17. The van der Waals surface area contributed by atoms with Gasteiger partial charge in [-0.25, -0.2) is 53.2 Å². The van der Waals surface area contributed by atoms with Crippen LogP contribution in [0.3, 0.4) is 0 Å². The van der Waals surface area contributed by atoms with Crippen LogP contribution in [0.4, 0.5) is 44.1 Å². The van der Waals surface area contributed by atoms with Crippen molar-refractivity contribution in [2.24, 2.45) is 15.0 Å². The van der Waals surface area contributed by atoms with E-state index in [1.165, 1.54) is 69.9 Å². The number of nitrogens with one attached hydrogen (secondary N) is 3. The molecule has 0 aliphatic carbocycles. The number of carbonyl (C=O) groups is 3. The summed E-state index contributed by atoms with van der Waals surface area (Å²) in [7, 11) is 0. The molecule has 26 atom stereocenters. The standard InChI is InChI=1S/C22H23F2N7O10P2S2.2C21H24N8O10P2S2/c23-12-10-5-36-42(34,44)40-15-11(39-20(13(15)24)30-4-2-8-9(32)1-3-26-17(8)30)6-37-43(35,45)41-16(12)21(38-10)31-7-27-14-18(31)28-22(25)29-19(14)33;2*22-21-26-18-16(19(31)27-21)25-8-29(18)20-12-3-9(36-20)5-34-40(32,42)38-11-4-14(37-13(11)6-35-41(33,43)39-12)28-7-24-15-10(30)1-2-23-17(15)28/h2-4,7,10-13,15-16,20-21H,1,5-6H2,(H,34,44)(H,35,45)(H3,25,28,29,33);2*2,7-9,11-14,20H,1,3-6H2,(H,32,42)(H,33,43)(H3,22,26,27,31)/t10-,11-,12-,13+,15-,16-,20-,21-,42?,43?;2*9-,11-,12+,13+,14+,20+,40?,41?/m100/s1. The number of aromatic amines is 3. The number of hydrogen-bond acceptors (Lipinski definition) is 44. The predicted octanol–water partition coefficient (Wildman–Crippen LogP) is 3.46. The summed E-state index contributed by atoms with van der Waals surface area (Å²) in [5.74, 6) is -0.300. The quantitative estimate of drug-likeness (QED) is 0.0837. The highest BCUT2D eigenvalue weighted by atomic mass is 32.7. The van der Waals surface area contributed by atoms with Gasteiger partial charge in [0, 0.05) is 69.8 Å². The molecule has 131 heavy (non-hydrogen) atoms. The van der Waals surface area contributed by atoms with Crippen molar-refractivity contribution < 1.29 is 135 Å². The first-order chi connectivity index (χ1) is 62.2. The maximum Gasteiger partial charge on any atom is 0.386 e. The third-order valence-corrected chi connectivity index (χ3v) is 31.5. The minimum absolute atomic E-state index is 0.00316. The fourth-order valence-corrected chi connectivity index (χ4v) is 25.0. The third kappa shape index (κ3) is 19.1. The molecule has 0 aromatic carbocycles. The van der Waals surface area contributed by atoms with Gasteiger partial charge in [0.25, 0.3) is 16.7 Å². The van der Waals surface area contributed by atoms with Crippen molar-refractivity contribution in [3.05, 3.63) is 91.9 Å². The molecule has 14 N–H and O–H groups in total. The molecule has 21 rings (SSSR count). The predicted molar refractivity (Wildman–Crippen MR) is 464 cm³/mol. The summed E-state index contributed by atoms with van der Waals surface area (Å²) in [6, 6.07) is 1.47. The number of rotatable bonds is 6.